The number of halogens is 4. The van der Waals surface area contributed by atoms with Gasteiger partial charge >= 0.3 is 6.18 Å². The molecule has 0 bridgehead atoms. The molecule has 0 radical (unpaired) electrons. The molecule has 0 atom stereocenters. The van der Waals surface area contributed by atoms with Gasteiger partial charge in [0.25, 0.3) is 10.2 Å². The highest BCUT2D eigenvalue weighted by molar-refractivity contribution is 7.86. The molecule has 2 saturated carbocycles. The minimum Gasteiger partial charge on any atom is -0.354 e. The zero-order valence-corrected chi connectivity index (χ0v) is 20.4. The van der Waals surface area contributed by atoms with Gasteiger partial charge in [0, 0.05) is 31.1 Å². The fraction of sp³-hybridized carbons (Fsp3) is 0.714. The quantitative estimate of drug-likeness (QED) is 0.650. The molecule has 5 rings (SSSR count). The van der Waals surface area contributed by atoms with Gasteiger partial charge in [0.2, 0.25) is 0 Å². The Hall–Kier alpha value is -1.63. The van der Waals surface area contributed by atoms with Gasteiger partial charge in [-0.25, -0.2) is 14.6 Å². The molecular weight excluding hydrogens is 493 g/mol. The van der Waals surface area contributed by atoms with Crippen LogP contribution in [0.15, 0.2) is 12.4 Å². The number of aromatic nitrogens is 3. The predicted molar refractivity (Wildman–Crippen MR) is 122 cm³/mol. The molecule has 34 heavy (non-hydrogen) atoms. The van der Waals surface area contributed by atoms with E-state index in [1.165, 1.54) is 10.6 Å². The van der Waals surface area contributed by atoms with E-state index in [0.717, 1.165) is 30.0 Å². The Morgan fingerprint density at radius 1 is 1.24 bits per heavy atom. The first-order valence-corrected chi connectivity index (χ1v) is 13.3. The van der Waals surface area contributed by atoms with E-state index >= 15 is 0 Å². The third-order valence-electron chi connectivity index (χ3n) is 7.85. The van der Waals surface area contributed by atoms with E-state index < -0.39 is 22.3 Å². The summed E-state index contributed by atoms with van der Waals surface area (Å²) in [6, 6.07) is 1.63. The number of hydrogen-bond acceptors (Lipinski definition) is 5. The summed E-state index contributed by atoms with van der Waals surface area (Å²) in [6.07, 6.45) is -0.519. The second kappa shape index (κ2) is 8.21. The van der Waals surface area contributed by atoms with Gasteiger partial charge in [-0.05, 0) is 63.0 Å². The molecule has 0 aromatic carbocycles. The van der Waals surface area contributed by atoms with Gasteiger partial charge in [-0.3, -0.25) is 0 Å². The molecule has 3 heterocycles. The number of fused-ring (bicyclic) bond motifs is 1. The minimum absolute atomic E-state index is 0.00617. The third kappa shape index (κ3) is 4.27. The van der Waals surface area contributed by atoms with Gasteiger partial charge in [0.05, 0.1) is 5.92 Å². The second-order valence-electron chi connectivity index (χ2n) is 10.3. The maximum Gasteiger partial charge on any atom is 0.391 e. The molecule has 2 aromatic heterocycles. The number of hydrogen-bond donors (Lipinski definition) is 1. The van der Waals surface area contributed by atoms with Gasteiger partial charge in [-0.1, -0.05) is 11.6 Å². The zero-order valence-electron chi connectivity index (χ0n) is 18.8. The lowest BCUT2D eigenvalue weighted by Crippen LogP contribution is -2.68. The first-order chi connectivity index (χ1) is 15.9. The number of nitrogens with two attached hydrogens (primary N) is 1. The van der Waals surface area contributed by atoms with Crippen molar-refractivity contribution in [1.29, 1.82) is 0 Å². The number of alkyl halides is 3. The maximum absolute atomic E-state index is 13.0. The molecule has 3 fully saturated rings. The Morgan fingerprint density at radius 2 is 1.88 bits per heavy atom. The Morgan fingerprint density at radius 3 is 2.47 bits per heavy atom. The van der Waals surface area contributed by atoms with Crippen molar-refractivity contribution in [3.8, 4) is 0 Å². The normalized spacial score (nSPS) is 25.7. The van der Waals surface area contributed by atoms with E-state index in [1.54, 1.807) is 4.52 Å². The van der Waals surface area contributed by atoms with Crippen molar-refractivity contribution in [2.75, 3.05) is 24.5 Å². The van der Waals surface area contributed by atoms with Crippen molar-refractivity contribution in [3.63, 3.8) is 0 Å². The summed E-state index contributed by atoms with van der Waals surface area (Å²) in [7, 11) is -3.94. The first kappa shape index (κ1) is 24.1. The predicted octanol–water partition coefficient (Wildman–Crippen LogP) is 3.53. The van der Waals surface area contributed by atoms with Crippen LogP contribution >= 0.6 is 11.6 Å². The van der Waals surface area contributed by atoms with Crippen molar-refractivity contribution < 1.29 is 21.6 Å². The van der Waals surface area contributed by atoms with Crippen molar-refractivity contribution in [3.05, 3.63) is 23.1 Å². The molecule has 1 spiro atoms. The largest absolute Gasteiger partial charge is 0.391 e. The molecule has 3 aliphatic rings. The van der Waals surface area contributed by atoms with Crippen molar-refractivity contribution in [2.24, 2.45) is 22.4 Å². The molecule has 0 unspecified atom stereocenters. The van der Waals surface area contributed by atoms with Gasteiger partial charge in [0.1, 0.15) is 17.0 Å². The summed E-state index contributed by atoms with van der Waals surface area (Å²) in [5, 5.41) is 10.3. The molecule has 0 amide bonds. The summed E-state index contributed by atoms with van der Waals surface area (Å²) in [5.41, 5.74) is 1.83. The van der Waals surface area contributed by atoms with Crippen LogP contribution < -0.4 is 10.0 Å². The van der Waals surface area contributed by atoms with Crippen molar-refractivity contribution in [2.45, 2.75) is 57.7 Å². The van der Waals surface area contributed by atoms with Gasteiger partial charge in [-0.15, -0.1) is 0 Å². The molecule has 1 saturated heterocycles. The summed E-state index contributed by atoms with van der Waals surface area (Å²) in [5.74, 6) is -0.576. The number of anilines is 1. The van der Waals surface area contributed by atoms with E-state index in [9.17, 15) is 21.6 Å². The van der Waals surface area contributed by atoms with E-state index in [0.29, 0.717) is 30.8 Å². The van der Waals surface area contributed by atoms with E-state index in [4.69, 9.17) is 16.7 Å². The highest BCUT2D eigenvalue weighted by atomic mass is 35.5. The molecule has 13 heteroatoms. The van der Waals surface area contributed by atoms with Crippen LogP contribution in [0.5, 0.6) is 0 Å². The molecular formula is C21H28ClF3N6O2S. The maximum atomic E-state index is 13.0. The van der Waals surface area contributed by atoms with Crippen LogP contribution in [0, 0.1) is 24.2 Å². The summed E-state index contributed by atoms with van der Waals surface area (Å²) in [4.78, 5) is 6.60. The van der Waals surface area contributed by atoms with Crippen molar-refractivity contribution >= 4 is 33.1 Å². The van der Waals surface area contributed by atoms with Crippen LogP contribution in [0.1, 0.15) is 44.1 Å². The van der Waals surface area contributed by atoms with E-state index in [2.05, 4.69) is 15.0 Å². The standard InChI is InChI=1S/C21H28ClF3N6O2S/c1-13-6-17(22)31-18(13)19(27-12-28-31)29-10-20(11-29)7-16(8-20)30(34(26,32)33)9-14-2-4-15(5-3-14)21(23,24)25/h6,12,14-16H,2-5,7-11H2,1H3,(H2,26,32,33). The van der Waals surface area contributed by atoms with E-state index in [1.807, 2.05) is 13.0 Å². The fourth-order valence-corrected chi connectivity index (χ4v) is 7.37. The molecule has 1 aliphatic heterocycles. The highest BCUT2D eigenvalue weighted by Gasteiger charge is 2.56. The smallest absolute Gasteiger partial charge is 0.354 e. The molecule has 2 aromatic rings. The lowest BCUT2D eigenvalue weighted by atomic mass is 9.60. The van der Waals surface area contributed by atoms with Crippen LogP contribution in [0.25, 0.3) is 5.52 Å². The van der Waals surface area contributed by atoms with Gasteiger partial charge in [-0.2, -0.15) is 31.0 Å². The third-order valence-corrected chi connectivity index (χ3v) is 9.22. The summed E-state index contributed by atoms with van der Waals surface area (Å²) < 4.78 is 66.5. The molecule has 188 valence electrons. The van der Waals surface area contributed by atoms with Crippen LogP contribution in [0.3, 0.4) is 0 Å². The lowest BCUT2D eigenvalue weighted by molar-refractivity contribution is -0.184. The minimum atomic E-state index is -4.18. The Balaban J connectivity index is 1.21. The topological polar surface area (TPSA) is 96.8 Å². The average Bonchev–Trinajstić information content (AvgIpc) is 2.98. The molecule has 2 aliphatic carbocycles. The van der Waals surface area contributed by atoms with Gasteiger partial charge in [0.15, 0.2) is 5.82 Å². The van der Waals surface area contributed by atoms with Crippen LogP contribution in [-0.2, 0) is 10.2 Å². The van der Waals surface area contributed by atoms with Crippen molar-refractivity contribution in [1.82, 2.24) is 18.9 Å². The van der Waals surface area contributed by atoms with Crippen LogP contribution in [-0.4, -0.2) is 59.2 Å². The first-order valence-electron chi connectivity index (χ1n) is 11.5. The molecule has 8 nitrogen and oxygen atoms in total. The zero-order chi connectivity index (χ0) is 24.5. The van der Waals surface area contributed by atoms with E-state index in [-0.39, 0.29) is 36.8 Å². The number of aryl methyl sites for hydroxylation is 1. The number of rotatable bonds is 5. The SMILES string of the molecule is Cc1cc(Cl)n2ncnc(N3CC4(CC(N(CC5CCC(C(F)(F)F)CC5)S(N)(=O)=O)C4)C3)c12. The highest BCUT2D eigenvalue weighted by Crippen LogP contribution is 2.52. The number of nitrogens with zero attached hydrogens (tertiary/aromatic N) is 5. The van der Waals surface area contributed by atoms with Crippen LogP contribution in [0.4, 0.5) is 19.0 Å². The Kier molecular flexibility index (Phi) is 5.81. The monoisotopic (exact) mass is 520 g/mol. The second-order valence-corrected chi connectivity index (χ2v) is 12.2. The molecule has 2 N–H and O–H groups in total. The summed E-state index contributed by atoms with van der Waals surface area (Å²) >= 11 is 6.24. The van der Waals surface area contributed by atoms with Crippen LogP contribution in [0.2, 0.25) is 5.15 Å². The lowest BCUT2D eigenvalue weighted by Gasteiger charge is -2.61. The summed E-state index contributed by atoms with van der Waals surface area (Å²) in [6.45, 7) is 3.64. The Labute approximate surface area is 201 Å². The Bertz CT molecular complexity index is 1180. The average molecular weight is 521 g/mol. The van der Waals surface area contributed by atoms with Gasteiger partial charge < -0.3 is 4.90 Å². The fourth-order valence-electron chi connectivity index (χ4n) is 6.09.